The molecule has 0 amide bonds. The zero-order chi connectivity index (χ0) is 10.9. The minimum atomic E-state index is -0.899. The van der Waals surface area contributed by atoms with Crippen LogP contribution in [0.3, 0.4) is 0 Å². The quantitative estimate of drug-likeness (QED) is 0.519. The van der Waals surface area contributed by atoms with Crippen molar-refractivity contribution in [2.24, 2.45) is 0 Å². The number of aliphatic carboxylic acids is 1. The van der Waals surface area contributed by atoms with E-state index in [1.807, 2.05) is 0 Å². The summed E-state index contributed by atoms with van der Waals surface area (Å²) < 4.78 is 4.96. The number of hydrogen-bond donors (Lipinski definition) is 2. The van der Waals surface area contributed by atoms with Gasteiger partial charge in [-0.2, -0.15) is 0 Å². The van der Waals surface area contributed by atoms with Crippen LogP contribution in [0.2, 0.25) is 0 Å². The van der Waals surface area contributed by atoms with Crippen LogP contribution in [0, 0.1) is 0 Å². The SMILES string of the molecule is O=C(O)COCCNC1CCCCCC1. The molecule has 1 rings (SSSR count). The molecule has 0 unspecified atom stereocenters. The molecule has 0 saturated heterocycles. The second-order valence-electron chi connectivity index (χ2n) is 4.09. The topological polar surface area (TPSA) is 58.6 Å². The van der Waals surface area contributed by atoms with Crippen LogP contribution in [0.15, 0.2) is 0 Å². The predicted octanol–water partition coefficient (Wildman–Crippen LogP) is 1.40. The molecule has 1 aliphatic carbocycles. The molecule has 15 heavy (non-hydrogen) atoms. The molecule has 0 spiro atoms. The summed E-state index contributed by atoms with van der Waals surface area (Å²) in [4.78, 5) is 10.2. The molecule has 88 valence electrons. The van der Waals surface area contributed by atoms with Crippen LogP contribution in [-0.4, -0.2) is 36.9 Å². The van der Waals surface area contributed by atoms with Crippen molar-refractivity contribution in [1.29, 1.82) is 0 Å². The van der Waals surface area contributed by atoms with E-state index in [-0.39, 0.29) is 6.61 Å². The molecule has 1 saturated carbocycles. The molecular formula is C11H21NO3. The Kier molecular flexibility index (Phi) is 6.36. The minimum absolute atomic E-state index is 0.188. The third-order valence-electron chi connectivity index (χ3n) is 2.76. The van der Waals surface area contributed by atoms with E-state index in [1.165, 1.54) is 38.5 Å². The largest absolute Gasteiger partial charge is 0.480 e. The molecule has 1 fully saturated rings. The summed E-state index contributed by atoms with van der Waals surface area (Å²) in [7, 11) is 0. The van der Waals surface area contributed by atoms with Gasteiger partial charge in [-0.1, -0.05) is 25.7 Å². The number of carboxylic acid groups (broad SMARTS) is 1. The Morgan fingerprint density at radius 3 is 2.53 bits per heavy atom. The lowest BCUT2D eigenvalue weighted by Gasteiger charge is -2.15. The highest BCUT2D eigenvalue weighted by molar-refractivity contribution is 5.67. The van der Waals surface area contributed by atoms with Gasteiger partial charge >= 0.3 is 5.97 Å². The molecule has 0 bridgehead atoms. The summed E-state index contributed by atoms with van der Waals surface area (Å²) in [6, 6.07) is 0.612. The maximum absolute atomic E-state index is 10.2. The molecule has 4 nitrogen and oxygen atoms in total. The van der Waals surface area contributed by atoms with Crippen LogP contribution in [-0.2, 0) is 9.53 Å². The fourth-order valence-electron chi connectivity index (χ4n) is 1.98. The van der Waals surface area contributed by atoms with Crippen molar-refractivity contribution in [3.63, 3.8) is 0 Å². The lowest BCUT2D eigenvalue weighted by atomic mass is 10.1. The first-order chi connectivity index (χ1) is 7.29. The highest BCUT2D eigenvalue weighted by Crippen LogP contribution is 2.16. The van der Waals surface area contributed by atoms with Crippen LogP contribution < -0.4 is 5.32 Å². The minimum Gasteiger partial charge on any atom is -0.480 e. The van der Waals surface area contributed by atoms with Gasteiger partial charge in [-0.05, 0) is 12.8 Å². The molecule has 4 heteroatoms. The summed E-state index contributed by atoms with van der Waals surface area (Å²) >= 11 is 0. The van der Waals surface area contributed by atoms with Crippen molar-refractivity contribution in [3.05, 3.63) is 0 Å². The smallest absolute Gasteiger partial charge is 0.329 e. The second kappa shape index (κ2) is 7.65. The third-order valence-corrected chi connectivity index (χ3v) is 2.76. The van der Waals surface area contributed by atoms with Gasteiger partial charge in [-0.15, -0.1) is 0 Å². The van der Waals surface area contributed by atoms with E-state index < -0.39 is 5.97 Å². The Bertz CT molecular complexity index is 177. The fourth-order valence-corrected chi connectivity index (χ4v) is 1.98. The summed E-state index contributed by atoms with van der Waals surface area (Å²) in [6.45, 7) is 1.06. The van der Waals surface area contributed by atoms with E-state index in [9.17, 15) is 4.79 Å². The van der Waals surface area contributed by atoms with Crippen molar-refractivity contribution < 1.29 is 14.6 Å². The third kappa shape index (κ3) is 6.47. The van der Waals surface area contributed by atoms with E-state index in [2.05, 4.69) is 5.32 Å². The molecule has 0 aromatic carbocycles. The number of ether oxygens (including phenoxy) is 1. The van der Waals surface area contributed by atoms with Crippen molar-refractivity contribution in [1.82, 2.24) is 5.32 Å². The lowest BCUT2D eigenvalue weighted by molar-refractivity contribution is -0.142. The maximum atomic E-state index is 10.2. The van der Waals surface area contributed by atoms with Crippen LogP contribution in [0.1, 0.15) is 38.5 Å². The second-order valence-corrected chi connectivity index (χ2v) is 4.09. The Labute approximate surface area is 91.0 Å². The molecule has 0 radical (unpaired) electrons. The van der Waals surface area contributed by atoms with Crippen LogP contribution in [0.4, 0.5) is 0 Å². The number of rotatable bonds is 6. The molecule has 0 aliphatic heterocycles. The van der Waals surface area contributed by atoms with Gasteiger partial charge in [0.2, 0.25) is 0 Å². The standard InChI is InChI=1S/C11H21NO3/c13-11(14)9-15-8-7-12-10-5-3-1-2-4-6-10/h10,12H,1-9H2,(H,13,14). The maximum Gasteiger partial charge on any atom is 0.329 e. The van der Waals surface area contributed by atoms with Crippen molar-refractivity contribution in [2.75, 3.05) is 19.8 Å². The molecular weight excluding hydrogens is 194 g/mol. The van der Waals surface area contributed by atoms with E-state index in [0.717, 1.165) is 6.54 Å². The number of nitrogens with one attached hydrogen (secondary N) is 1. The Morgan fingerprint density at radius 1 is 1.27 bits per heavy atom. The lowest BCUT2D eigenvalue weighted by Crippen LogP contribution is -2.31. The summed E-state index contributed by atoms with van der Waals surface area (Å²) in [5.41, 5.74) is 0. The van der Waals surface area contributed by atoms with Gasteiger partial charge < -0.3 is 15.2 Å². The molecule has 0 aromatic heterocycles. The van der Waals surface area contributed by atoms with E-state index in [0.29, 0.717) is 12.6 Å². The van der Waals surface area contributed by atoms with Crippen LogP contribution >= 0.6 is 0 Å². The number of carbonyl (C=O) groups is 1. The van der Waals surface area contributed by atoms with Crippen molar-refractivity contribution >= 4 is 5.97 Å². The summed E-state index contributed by atoms with van der Waals surface area (Å²) in [5.74, 6) is -0.899. The molecule has 0 heterocycles. The number of carboxylic acids is 1. The van der Waals surface area contributed by atoms with Gasteiger partial charge in [0.05, 0.1) is 6.61 Å². The first kappa shape index (κ1) is 12.5. The van der Waals surface area contributed by atoms with E-state index >= 15 is 0 Å². The first-order valence-corrected chi connectivity index (χ1v) is 5.82. The molecule has 0 aromatic rings. The predicted molar refractivity (Wildman–Crippen MR) is 57.9 cm³/mol. The van der Waals surface area contributed by atoms with E-state index in [1.54, 1.807) is 0 Å². The first-order valence-electron chi connectivity index (χ1n) is 5.82. The summed E-state index contributed by atoms with van der Waals surface area (Å²) in [6.07, 6.45) is 7.83. The Morgan fingerprint density at radius 2 is 1.93 bits per heavy atom. The highest BCUT2D eigenvalue weighted by Gasteiger charge is 2.10. The van der Waals surface area contributed by atoms with Crippen molar-refractivity contribution in [2.45, 2.75) is 44.6 Å². The van der Waals surface area contributed by atoms with Gasteiger partial charge in [-0.3, -0.25) is 0 Å². The molecule has 0 atom stereocenters. The average molecular weight is 215 g/mol. The zero-order valence-electron chi connectivity index (χ0n) is 9.21. The average Bonchev–Trinajstić information content (AvgIpc) is 2.45. The number of hydrogen-bond acceptors (Lipinski definition) is 3. The van der Waals surface area contributed by atoms with Gasteiger partial charge in [0.1, 0.15) is 6.61 Å². The Balaban J connectivity index is 1.96. The zero-order valence-corrected chi connectivity index (χ0v) is 9.21. The van der Waals surface area contributed by atoms with Gasteiger partial charge in [0.25, 0.3) is 0 Å². The monoisotopic (exact) mass is 215 g/mol. The summed E-state index contributed by atoms with van der Waals surface area (Å²) in [5, 5.41) is 11.8. The van der Waals surface area contributed by atoms with Crippen molar-refractivity contribution in [3.8, 4) is 0 Å². The van der Waals surface area contributed by atoms with Crippen LogP contribution in [0.5, 0.6) is 0 Å². The molecule has 2 N–H and O–H groups in total. The van der Waals surface area contributed by atoms with E-state index in [4.69, 9.17) is 9.84 Å². The van der Waals surface area contributed by atoms with Gasteiger partial charge in [-0.25, -0.2) is 4.79 Å². The molecule has 1 aliphatic rings. The van der Waals surface area contributed by atoms with Gasteiger partial charge in [0.15, 0.2) is 0 Å². The highest BCUT2D eigenvalue weighted by atomic mass is 16.5. The van der Waals surface area contributed by atoms with Gasteiger partial charge in [0, 0.05) is 12.6 Å². The fraction of sp³-hybridized carbons (Fsp3) is 0.909. The van der Waals surface area contributed by atoms with Crippen LogP contribution in [0.25, 0.3) is 0 Å². The Hall–Kier alpha value is -0.610. The normalized spacial score (nSPS) is 18.7.